The number of hydrogen-bond acceptors (Lipinski definition) is 3. The highest BCUT2D eigenvalue weighted by Gasteiger charge is 2.46. The van der Waals surface area contributed by atoms with Crippen molar-refractivity contribution in [2.45, 2.75) is 64.7 Å². The fraction of sp³-hybridized carbons (Fsp3) is 0.533. The summed E-state index contributed by atoms with van der Waals surface area (Å²) in [5.41, 5.74) is 0.491. The molecule has 3 heterocycles. The number of likely N-dealkylation sites (tertiary alicyclic amines) is 1. The number of aromatic nitrogens is 1. The van der Waals surface area contributed by atoms with Gasteiger partial charge in [0.15, 0.2) is 0 Å². The van der Waals surface area contributed by atoms with Gasteiger partial charge < -0.3 is 9.72 Å². The van der Waals surface area contributed by atoms with Gasteiger partial charge in [0.1, 0.15) is 29.7 Å². The van der Waals surface area contributed by atoms with Crippen molar-refractivity contribution >= 4 is 10.9 Å². The Balaban J connectivity index is 1.50. The number of nitrogens with one attached hydrogen (secondary N) is 1. The van der Waals surface area contributed by atoms with Crippen molar-refractivity contribution in [3.8, 4) is 5.75 Å². The molecule has 1 saturated heterocycles. The molecule has 0 unspecified atom stereocenters. The number of alkyl halides is 1. The number of fused-ring (bicyclic) bond motifs is 3. The molecule has 0 bridgehead atoms. The van der Waals surface area contributed by atoms with Gasteiger partial charge >= 0.3 is 0 Å². The van der Waals surface area contributed by atoms with E-state index < -0.39 is 28.9 Å². The van der Waals surface area contributed by atoms with E-state index in [1.54, 1.807) is 0 Å². The molecular formula is C30H38F3N3O. The van der Waals surface area contributed by atoms with E-state index in [9.17, 15) is 0 Å². The molecule has 0 spiro atoms. The number of benzene rings is 2. The second kappa shape index (κ2) is 9.66. The van der Waals surface area contributed by atoms with Crippen molar-refractivity contribution in [3.05, 3.63) is 64.9 Å². The summed E-state index contributed by atoms with van der Waals surface area (Å²) in [5, 5.41) is 1.03. The van der Waals surface area contributed by atoms with Crippen LogP contribution in [0.5, 0.6) is 5.75 Å². The summed E-state index contributed by atoms with van der Waals surface area (Å²) >= 11 is 0. The highest BCUT2D eigenvalue weighted by atomic mass is 19.1. The summed E-state index contributed by atoms with van der Waals surface area (Å²) in [6.07, 6.45) is 1.81. The first-order chi connectivity index (χ1) is 17.5. The number of nitrogens with zero attached hydrogens (tertiary/aromatic N) is 2. The standard InChI is InChI=1S/C30H38F3N3O/c1-6-19-16-35(17-19)11-12-37-20-13-23(31)26(24(32)14-20)28-27-22(21-9-7-8-10-25(21)34-27)15-30(4,5)36(28)18-29(2,3)33/h7-10,13-14,19,28,34H,6,11-12,15-18H2,1-5H3/t28-/m1/s1. The number of hydrogen-bond donors (Lipinski definition) is 1. The fourth-order valence-corrected chi connectivity index (χ4v) is 6.01. The summed E-state index contributed by atoms with van der Waals surface area (Å²) in [7, 11) is 0. The highest BCUT2D eigenvalue weighted by molar-refractivity contribution is 5.85. The van der Waals surface area contributed by atoms with E-state index in [2.05, 4.69) is 16.8 Å². The Bertz CT molecular complexity index is 1250. The van der Waals surface area contributed by atoms with Gasteiger partial charge in [0, 0.05) is 66.0 Å². The highest BCUT2D eigenvalue weighted by Crippen LogP contribution is 2.47. The Kier molecular flexibility index (Phi) is 6.82. The van der Waals surface area contributed by atoms with Crippen LogP contribution < -0.4 is 4.74 Å². The Morgan fingerprint density at radius 3 is 2.43 bits per heavy atom. The molecule has 200 valence electrons. The lowest BCUT2D eigenvalue weighted by atomic mass is 9.80. The molecule has 1 fully saturated rings. The van der Waals surface area contributed by atoms with Crippen molar-refractivity contribution in [2.75, 3.05) is 32.8 Å². The normalized spacial score (nSPS) is 20.7. The van der Waals surface area contributed by atoms with Crippen LogP contribution in [0.4, 0.5) is 13.2 Å². The van der Waals surface area contributed by atoms with Crippen LogP contribution in [0.2, 0.25) is 0 Å². The zero-order valence-electron chi connectivity index (χ0n) is 22.5. The molecule has 2 aliphatic heterocycles. The SMILES string of the molecule is CCC1CN(CCOc2cc(F)c([C@@H]3c4[nH]c5ccccc5c4CC(C)(C)N3CC(C)(C)F)c(F)c2)C1. The minimum atomic E-state index is -1.55. The van der Waals surface area contributed by atoms with Crippen molar-refractivity contribution in [2.24, 2.45) is 5.92 Å². The lowest BCUT2D eigenvalue weighted by molar-refractivity contribution is 0.0150. The van der Waals surface area contributed by atoms with Gasteiger partial charge in [0.25, 0.3) is 0 Å². The third kappa shape index (κ3) is 5.13. The van der Waals surface area contributed by atoms with E-state index in [1.165, 1.54) is 32.4 Å². The lowest BCUT2D eigenvalue weighted by Gasteiger charge is -2.49. The van der Waals surface area contributed by atoms with E-state index >= 15 is 13.2 Å². The van der Waals surface area contributed by atoms with Gasteiger partial charge in [0.05, 0.1) is 6.04 Å². The van der Waals surface area contributed by atoms with E-state index in [0.717, 1.165) is 47.7 Å². The van der Waals surface area contributed by atoms with Crippen molar-refractivity contribution in [1.29, 1.82) is 0 Å². The maximum atomic E-state index is 15.8. The second-order valence-corrected chi connectivity index (χ2v) is 12.0. The first-order valence-electron chi connectivity index (χ1n) is 13.4. The second-order valence-electron chi connectivity index (χ2n) is 12.0. The fourth-order valence-electron chi connectivity index (χ4n) is 6.01. The molecule has 0 saturated carbocycles. The van der Waals surface area contributed by atoms with Gasteiger partial charge in [-0.1, -0.05) is 31.5 Å². The summed E-state index contributed by atoms with van der Waals surface area (Å²) in [6.45, 7) is 12.5. The maximum absolute atomic E-state index is 15.8. The van der Waals surface area contributed by atoms with E-state index in [0.29, 0.717) is 13.0 Å². The quantitative estimate of drug-likeness (QED) is 0.366. The zero-order valence-corrected chi connectivity index (χ0v) is 22.5. The van der Waals surface area contributed by atoms with Gasteiger partial charge in [-0.25, -0.2) is 13.2 Å². The van der Waals surface area contributed by atoms with Crippen molar-refractivity contribution in [3.63, 3.8) is 0 Å². The zero-order chi connectivity index (χ0) is 26.5. The predicted octanol–water partition coefficient (Wildman–Crippen LogP) is 6.64. The predicted molar refractivity (Wildman–Crippen MR) is 142 cm³/mol. The Hall–Kier alpha value is -2.51. The van der Waals surface area contributed by atoms with Crippen molar-refractivity contribution < 1.29 is 17.9 Å². The van der Waals surface area contributed by atoms with Crippen LogP contribution in [0.25, 0.3) is 10.9 Å². The summed E-state index contributed by atoms with van der Waals surface area (Å²) in [4.78, 5) is 7.61. The van der Waals surface area contributed by atoms with Crippen LogP contribution in [0.3, 0.4) is 0 Å². The van der Waals surface area contributed by atoms with E-state index in [4.69, 9.17) is 4.74 Å². The van der Waals surface area contributed by atoms with Crippen LogP contribution in [0.15, 0.2) is 36.4 Å². The summed E-state index contributed by atoms with van der Waals surface area (Å²) in [5.74, 6) is -0.450. The topological polar surface area (TPSA) is 31.5 Å². The van der Waals surface area contributed by atoms with Gasteiger partial charge in [0.2, 0.25) is 0 Å². The monoisotopic (exact) mass is 513 g/mol. The Labute approximate surface area is 217 Å². The first-order valence-corrected chi connectivity index (χ1v) is 13.4. The molecular weight excluding hydrogens is 475 g/mol. The minimum Gasteiger partial charge on any atom is -0.492 e. The van der Waals surface area contributed by atoms with Gasteiger partial charge in [-0.15, -0.1) is 0 Å². The van der Waals surface area contributed by atoms with E-state index in [1.807, 2.05) is 43.0 Å². The number of para-hydroxylation sites is 1. The Morgan fingerprint density at radius 1 is 1.11 bits per heavy atom. The molecule has 4 nitrogen and oxygen atoms in total. The molecule has 1 atom stereocenters. The van der Waals surface area contributed by atoms with Crippen molar-refractivity contribution in [1.82, 2.24) is 14.8 Å². The van der Waals surface area contributed by atoms with E-state index in [-0.39, 0.29) is 17.9 Å². The summed E-state index contributed by atoms with van der Waals surface area (Å²) in [6, 6.07) is 9.62. The first kappa shape index (κ1) is 26.1. The average molecular weight is 514 g/mol. The molecule has 37 heavy (non-hydrogen) atoms. The lowest BCUT2D eigenvalue weighted by Crippen LogP contribution is -2.55. The molecule has 3 aromatic rings. The third-order valence-electron chi connectivity index (χ3n) is 7.98. The largest absolute Gasteiger partial charge is 0.492 e. The molecule has 1 N–H and O–H groups in total. The number of rotatable bonds is 8. The molecule has 5 rings (SSSR count). The molecule has 2 aromatic carbocycles. The Morgan fingerprint density at radius 2 is 1.78 bits per heavy atom. The molecule has 7 heteroatoms. The van der Waals surface area contributed by atoms with Gasteiger partial charge in [-0.3, -0.25) is 9.80 Å². The number of halogens is 3. The average Bonchev–Trinajstić information content (AvgIpc) is 3.13. The van der Waals surface area contributed by atoms with Gasteiger partial charge in [-0.05, 0) is 51.7 Å². The molecule has 0 aliphatic carbocycles. The molecule has 0 amide bonds. The third-order valence-corrected chi connectivity index (χ3v) is 7.98. The smallest absolute Gasteiger partial charge is 0.135 e. The number of aromatic amines is 1. The van der Waals surface area contributed by atoms with Crippen LogP contribution >= 0.6 is 0 Å². The number of ether oxygens (including phenoxy) is 1. The van der Waals surface area contributed by atoms with Crippen LogP contribution in [0, 0.1) is 17.6 Å². The maximum Gasteiger partial charge on any atom is 0.135 e. The van der Waals surface area contributed by atoms with Crippen LogP contribution in [-0.2, 0) is 6.42 Å². The minimum absolute atomic E-state index is 0.0329. The molecule has 2 aliphatic rings. The number of H-pyrrole nitrogens is 1. The van der Waals surface area contributed by atoms with Crippen LogP contribution in [-0.4, -0.2) is 58.8 Å². The molecule has 1 aromatic heterocycles. The molecule has 0 radical (unpaired) electrons. The summed E-state index contributed by atoms with van der Waals surface area (Å²) < 4.78 is 52.4. The van der Waals surface area contributed by atoms with Gasteiger partial charge in [-0.2, -0.15) is 0 Å². The van der Waals surface area contributed by atoms with Crippen LogP contribution in [0.1, 0.15) is 63.9 Å².